The molecule has 1 fully saturated rings. The van der Waals surface area contributed by atoms with Crippen molar-refractivity contribution in [3.8, 4) is 0 Å². The summed E-state index contributed by atoms with van der Waals surface area (Å²) < 4.78 is 1.18. The first-order valence-electron chi connectivity index (χ1n) is 7.46. The van der Waals surface area contributed by atoms with Crippen molar-refractivity contribution in [3.05, 3.63) is 28.2 Å². The van der Waals surface area contributed by atoms with Gasteiger partial charge in [-0.1, -0.05) is 41.8 Å². The number of benzene rings is 1. The van der Waals surface area contributed by atoms with E-state index in [1.807, 2.05) is 7.05 Å². The lowest BCUT2D eigenvalue weighted by atomic mass is 10.1. The van der Waals surface area contributed by atoms with E-state index in [1.165, 1.54) is 54.4 Å². The van der Waals surface area contributed by atoms with Crippen molar-refractivity contribution in [2.24, 2.45) is 0 Å². The van der Waals surface area contributed by atoms with E-state index in [-0.39, 0.29) is 0 Å². The minimum Gasteiger partial charge on any atom is -0.368 e. The first-order valence-corrected chi connectivity index (χ1v) is 8.25. The quantitative estimate of drug-likeness (QED) is 0.886. The summed E-state index contributed by atoms with van der Waals surface area (Å²) in [5.41, 5.74) is 2.82. The maximum atomic E-state index is 3.63. The lowest BCUT2D eigenvalue weighted by Crippen LogP contribution is -2.35. The van der Waals surface area contributed by atoms with Gasteiger partial charge in [-0.25, -0.2) is 0 Å². The van der Waals surface area contributed by atoms with Crippen molar-refractivity contribution in [1.29, 1.82) is 0 Å². The third-order valence-corrected chi connectivity index (χ3v) is 4.57. The molecule has 0 aliphatic carbocycles. The summed E-state index contributed by atoms with van der Waals surface area (Å²) in [6, 6.07) is 7.38. The first-order chi connectivity index (χ1) is 9.26. The normalized spacial score (nSPS) is 20.4. The maximum absolute atomic E-state index is 3.63. The van der Waals surface area contributed by atoms with Crippen LogP contribution >= 0.6 is 15.9 Å². The molecule has 19 heavy (non-hydrogen) atoms. The molecule has 1 aromatic rings. The van der Waals surface area contributed by atoms with Gasteiger partial charge in [0.1, 0.15) is 0 Å². The Kier molecular flexibility index (Phi) is 5.71. The van der Waals surface area contributed by atoms with Crippen LogP contribution in [0.3, 0.4) is 0 Å². The van der Waals surface area contributed by atoms with E-state index in [0.717, 1.165) is 6.54 Å². The number of nitrogens with zero attached hydrogens (tertiary/aromatic N) is 1. The lowest BCUT2D eigenvalue weighted by Gasteiger charge is -2.33. The molecule has 1 atom stereocenters. The Labute approximate surface area is 125 Å². The van der Waals surface area contributed by atoms with Crippen molar-refractivity contribution >= 4 is 21.6 Å². The van der Waals surface area contributed by atoms with E-state index in [4.69, 9.17) is 0 Å². The Hall–Kier alpha value is -0.540. The summed E-state index contributed by atoms with van der Waals surface area (Å²) in [7, 11) is 2.02. The molecule has 1 aromatic carbocycles. The van der Waals surface area contributed by atoms with Gasteiger partial charge in [0.2, 0.25) is 0 Å². The van der Waals surface area contributed by atoms with Gasteiger partial charge in [-0.3, -0.25) is 0 Å². The zero-order valence-corrected chi connectivity index (χ0v) is 13.7. The first kappa shape index (κ1) is 14.9. The number of rotatable bonds is 4. The van der Waals surface area contributed by atoms with Crippen LogP contribution < -0.4 is 10.2 Å². The Morgan fingerprint density at radius 2 is 2.16 bits per heavy atom. The van der Waals surface area contributed by atoms with Gasteiger partial charge in [-0.15, -0.1) is 0 Å². The van der Waals surface area contributed by atoms with E-state index in [0.29, 0.717) is 6.04 Å². The van der Waals surface area contributed by atoms with Crippen molar-refractivity contribution in [1.82, 2.24) is 5.32 Å². The van der Waals surface area contributed by atoms with Crippen molar-refractivity contribution in [3.63, 3.8) is 0 Å². The molecular formula is C16H25BrN2. The third-order valence-electron chi connectivity index (χ3n) is 4.07. The molecule has 2 rings (SSSR count). The van der Waals surface area contributed by atoms with Crippen LogP contribution in [-0.2, 0) is 6.54 Å². The van der Waals surface area contributed by atoms with Crippen molar-refractivity contribution < 1.29 is 0 Å². The van der Waals surface area contributed by atoms with Crippen LogP contribution in [-0.4, -0.2) is 19.6 Å². The molecule has 106 valence electrons. The Balaban J connectivity index is 2.33. The molecule has 1 aliphatic heterocycles. The van der Waals surface area contributed by atoms with Gasteiger partial charge in [0.25, 0.3) is 0 Å². The average molecular weight is 325 g/mol. The van der Waals surface area contributed by atoms with Gasteiger partial charge in [-0.05, 0) is 44.0 Å². The van der Waals surface area contributed by atoms with Gasteiger partial charge >= 0.3 is 0 Å². The lowest BCUT2D eigenvalue weighted by molar-refractivity contribution is 0.554. The SMILES string of the molecule is CCC1CCCCCN1c1cc(Br)ccc1CNC. The monoisotopic (exact) mass is 324 g/mol. The zero-order valence-electron chi connectivity index (χ0n) is 12.1. The molecule has 0 bridgehead atoms. The van der Waals surface area contributed by atoms with Crippen LogP contribution in [0.5, 0.6) is 0 Å². The predicted octanol–water partition coefficient (Wildman–Crippen LogP) is 4.33. The summed E-state index contributed by atoms with van der Waals surface area (Å²) in [6.07, 6.45) is 6.66. The van der Waals surface area contributed by atoms with E-state index < -0.39 is 0 Å². The molecule has 1 unspecified atom stereocenters. The third kappa shape index (κ3) is 3.73. The number of hydrogen-bond donors (Lipinski definition) is 1. The highest BCUT2D eigenvalue weighted by molar-refractivity contribution is 9.10. The molecule has 1 aliphatic rings. The molecule has 0 radical (unpaired) electrons. The Morgan fingerprint density at radius 1 is 1.32 bits per heavy atom. The summed E-state index contributed by atoms with van der Waals surface area (Å²) in [5, 5.41) is 3.29. The predicted molar refractivity (Wildman–Crippen MR) is 86.8 cm³/mol. The van der Waals surface area contributed by atoms with Gasteiger partial charge in [0.05, 0.1) is 0 Å². The second-order valence-corrected chi connectivity index (χ2v) is 6.32. The highest BCUT2D eigenvalue weighted by Gasteiger charge is 2.21. The van der Waals surface area contributed by atoms with E-state index in [1.54, 1.807) is 0 Å². The number of halogens is 1. The molecule has 0 spiro atoms. The molecule has 3 heteroatoms. The van der Waals surface area contributed by atoms with E-state index in [2.05, 4.69) is 51.3 Å². The molecule has 2 nitrogen and oxygen atoms in total. The largest absolute Gasteiger partial charge is 0.368 e. The summed E-state index contributed by atoms with van der Waals surface area (Å²) in [5.74, 6) is 0. The molecular weight excluding hydrogens is 300 g/mol. The summed E-state index contributed by atoms with van der Waals surface area (Å²) >= 11 is 3.63. The van der Waals surface area contributed by atoms with Crippen molar-refractivity contribution in [2.45, 2.75) is 51.6 Å². The number of hydrogen-bond acceptors (Lipinski definition) is 2. The standard InChI is InChI=1S/C16H25BrN2/c1-3-15-7-5-4-6-10-19(15)16-11-14(17)9-8-13(16)12-18-2/h8-9,11,15,18H,3-7,10,12H2,1-2H3. The van der Waals surface area contributed by atoms with Gasteiger partial charge in [0.15, 0.2) is 0 Å². The Bertz CT molecular complexity index is 406. The smallest absolute Gasteiger partial charge is 0.0425 e. The summed E-state index contributed by atoms with van der Waals surface area (Å²) in [6.45, 7) is 4.46. The van der Waals surface area contributed by atoms with Crippen LogP contribution in [0, 0.1) is 0 Å². The highest BCUT2D eigenvalue weighted by atomic mass is 79.9. The molecule has 0 amide bonds. The van der Waals surface area contributed by atoms with Crippen LogP contribution in [0.2, 0.25) is 0 Å². The van der Waals surface area contributed by atoms with Gasteiger partial charge in [-0.2, -0.15) is 0 Å². The zero-order chi connectivity index (χ0) is 13.7. The van der Waals surface area contributed by atoms with E-state index in [9.17, 15) is 0 Å². The minimum atomic E-state index is 0.701. The molecule has 0 aromatic heterocycles. The molecule has 1 heterocycles. The second-order valence-electron chi connectivity index (χ2n) is 5.41. The maximum Gasteiger partial charge on any atom is 0.0425 e. The minimum absolute atomic E-state index is 0.701. The number of anilines is 1. The molecule has 1 N–H and O–H groups in total. The molecule has 1 saturated heterocycles. The van der Waals surface area contributed by atoms with Crippen molar-refractivity contribution in [2.75, 3.05) is 18.5 Å². The Morgan fingerprint density at radius 3 is 2.89 bits per heavy atom. The van der Waals surface area contributed by atoms with Crippen LogP contribution in [0.4, 0.5) is 5.69 Å². The van der Waals surface area contributed by atoms with E-state index >= 15 is 0 Å². The molecule has 0 saturated carbocycles. The fraction of sp³-hybridized carbons (Fsp3) is 0.625. The van der Waals surface area contributed by atoms with Gasteiger partial charge in [0, 0.05) is 29.3 Å². The summed E-state index contributed by atoms with van der Waals surface area (Å²) in [4.78, 5) is 2.64. The average Bonchev–Trinajstić information content (AvgIpc) is 2.66. The van der Waals surface area contributed by atoms with Crippen LogP contribution in [0.25, 0.3) is 0 Å². The van der Waals surface area contributed by atoms with Crippen LogP contribution in [0.1, 0.15) is 44.6 Å². The van der Waals surface area contributed by atoms with Crippen LogP contribution in [0.15, 0.2) is 22.7 Å². The number of nitrogens with one attached hydrogen (secondary N) is 1. The highest BCUT2D eigenvalue weighted by Crippen LogP contribution is 2.31. The second kappa shape index (κ2) is 7.30. The fourth-order valence-corrected chi connectivity index (χ4v) is 3.41. The fourth-order valence-electron chi connectivity index (χ4n) is 3.06. The van der Waals surface area contributed by atoms with Gasteiger partial charge < -0.3 is 10.2 Å². The topological polar surface area (TPSA) is 15.3 Å².